The number of nitrogens with zero attached hydrogens (tertiary/aromatic N) is 1. The molecule has 0 saturated carbocycles. The van der Waals surface area contributed by atoms with E-state index < -0.39 is 11.7 Å². The predicted molar refractivity (Wildman–Crippen MR) is 111 cm³/mol. The third-order valence-electron chi connectivity index (χ3n) is 4.23. The molecule has 4 nitrogen and oxygen atoms in total. The summed E-state index contributed by atoms with van der Waals surface area (Å²) in [6.07, 6.45) is -2.88. The van der Waals surface area contributed by atoms with Gasteiger partial charge in [0.15, 0.2) is 11.5 Å². The third kappa shape index (κ3) is 6.21. The van der Waals surface area contributed by atoms with Crippen molar-refractivity contribution in [1.29, 1.82) is 0 Å². The Morgan fingerprint density at radius 2 is 1.68 bits per heavy atom. The molecule has 0 saturated heterocycles. The number of hydrazone groups is 1. The smallest absolute Gasteiger partial charge is 0.416 e. The number of nitrogens with one attached hydrogen (secondary N) is 1. The highest BCUT2D eigenvalue weighted by molar-refractivity contribution is 5.81. The number of hydrogen-bond donors (Lipinski definition) is 1. The van der Waals surface area contributed by atoms with Crippen molar-refractivity contribution in [1.82, 2.24) is 0 Å². The lowest BCUT2D eigenvalue weighted by Crippen LogP contribution is -2.04. The highest BCUT2D eigenvalue weighted by Crippen LogP contribution is 2.30. The molecule has 162 valence electrons. The van der Waals surface area contributed by atoms with Crippen molar-refractivity contribution >= 4 is 11.9 Å². The molecule has 0 bridgehead atoms. The fourth-order valence-electron chi connectivity index (χ4n) is 2.68. The van der Waals surface area contributed by atoms with Crippen LogP contribution in [0.25, 0.3) is 0 Å². The van der Waals surface area contributed by atoms with E-state index in [0.717, 1.165) is 12.1 Å². The van der Waals surface area contributed by atoms with Crippen LogP contribution in [0.5, 0.6) is 11.5 Å². The van der Waals surface area contributed by atoms with Crippen LogP contribution in [0, 0.1) is 5.82 Å². The van der Waals surface area contributed by atoms with Gasteiger partial charge in [0.05, 0.1) is 24.1 Å². The Labute approximate surface area is 177 Å². The van der Waals surface area contributed by atoms with Crippen LogP contribution in [0.15, 0.2) is 71.8 Å². The predicted octanol–water partition coefficient (Wildman–Crippen LogP) is 6.27. The minimum atomic E-state index is -4.38. The van der Waals surface area contributed by atoms with E-state index in [0.29, 0.717) is 34.9 Å². The van der Waals surface area contributed by atoms with Crippen LogP contribution in [0.2, 0.25) is 0 Å². The Morgan fingerprint density at radius 1 is 0.935 bits per heavy atom. The monoisotopic (exact) mass is 432 g/mol. The quantitative estimate of drug-likeness (QED) is 0.259. The van der Waals surface area contributed by atoms with E-state index in [-0.39, 0.29) is 12.4 Å². The van der Waals surface area contributed by atoms with E-state index in [1.807, 2.05) is 6.92 Å². The van der Waals surface area contributed by atoms with E-state index in [2.05, 4.69) is 10.5 Å². The van der Waals surface area contributed by atoms with Crippen LogP contribution in [0.4, 0.5) is 23.2 Å². The zero-order valence-corrected chi connectivity index (χ0v) is 16.6. The van der Waals surface area contributed by atoms with Crippen LogP contribution in [-0.4, -0.2) is 12.8 Å². The summed E-state index contributed by atoms with van der Waals surface area (Å²) in [6.45, 7) is 2.28. The molecule has 0 heterocycles. The Morgan fingerprint density at radius 3 is 2.35 bits per heavy atom. The number of hydrogen-bond acceptors (Lipinski definition) is 4. The number of rotatable bonds is 8. The van der Waals surface area contributed by atoms with Gasteiger partial charge in [-0.15, -0.1) is 0 Å². The molecule has 3 rings (SSSR count). The van der Waals surface area contributed by atoms with Crippen LogP contribution < -0.4 is 14.9 Å². The SMILES string of the molecule is CCOc1cc(C=NNc2ccc(C(F)(F)F)cc2)ccc1OCc1ccccc1F. The van der Waals surface area contributed by atoms with Crippen molar-refractivity contribution in [3.05, 3.63) is 89.2 Å². The van der Waals surface area contributed by atoms with E-state index in [1.165, 1.54) is 24.4 Å². The van der Waals surface area contributed by atoms with Gasteiger partial charge in [-0.2, -0.15) is 18.3 Å². The highest BCUT2D eigenvalue weighted by Gasteiger charge is 2.29. The van der Waals surface area contributed by atoms with E-state index in [1.54, 1.807) is 36.4 Å². The summed E-state index contributed by atoms with van der Waals surface area (Å²) >= 11 is 0. The lowest BCUT2D eigenvalue weighted by Gasteiger charge is -2.13. The van der Waals surface area contributed by atoms with E-state index in [9.17, 15) is 17.6 Å². The summed E-state index contributed by atoms with van der Waals surface area (Å²) < 4.78 is 62.9. The molecule has 0 fully saturated rings. The normalized spacial score (nSPS) is 11.5. The van der Waals surface area contributed by atoms with Gasteiger partial charge in [0, 0.05) is 5.56 Å². The number of benzene rings is 3. The molecule has 3 aromatic rings. The second-order valence-electron chi connectivity index (χ2n) is 6.46. The van der Waals surface area contributed by atoms with Gasteiger partial charge in [0.2, 0.25) is 0 Å². The summed E-state index contributed by atoms with van der Waals surface area (Å²) in [5, 5.41) is 4.04. The maximum absolute atomic E-state index is 13.8. The summed E-state index contributed by atoms with van der Waals surface area (Å²) in [7, 11) is 0. The topological polar surface area (TPSA) is 42.8 Å². The zero-order chi connectivity index (χ0) is 22.3. The van der Waals surface area contributed by atoms with Gasteiger partial charge in [0.1, 0.15) is 12.4 Å². The van der Waals surface area contributed by atoms with Crippen molar-refractivity contribution in [3.63, 3.8) is 0 Å². The second kappa shape index (κ2) is 9.97. The first kappa shape index (κ1) is 22.1. The van der Waals surface area contributed by atoms with Gasteiger partial charge in [-0.05, 0) is 61.0 Å². The molecule has 1 N–H and O–H groups in total. The first-order chi connectivity index (χ1) is 14.9. The average molecular weight is 432 g/mol. The van der Waals surface area contributed by atoms with Gasteiger partial charge < -0.3 is 9.47 Å². The molecular weight excluding hydrogens is 412 g/mol. The maximum atomic E-state index is 13.8. The largest absolute Gasteiger partial charge is 0.490 e. The first-order valence-electron chi connectivity index (χ1n) is 9.46. The maximum Gasteiger partial charge on any atom is 0.416 e. The molecule has 0 aliphatic rings. The van der Waals surface area contributed by atoms with Gasteiger partial charge in [-0.1, -0.05) is 18.2 Å². The molecule has 0 amide bonds. The van der Waals surface area contributed by atoms with Gasteiger partial charge in [0.25, 0.3) is 0 Å². The Hall–Kier alpha value is -3.55. The van der Waals surface area contributed by atoms with Crippen molar-refractivity contribution < 1.29 is 27.0 Å². The minimum absolute atomic E-state index is 0.0513. The van der Waals surface area contributed by atoms with Crippen LogP contribution in [0.3, 0.4) is 0 Å². The lowest BCUT2D eigenvalue weighted by molar-refractivity contribution is -0.137. The number of alkyl halides is 3. The van der Waals surface area contributed by atoms with Crippen LogP contribution >= 0.6 is 0 Å². The fourth-order valence-corrected chi connectivity index (χ4v) is 2.68. The Kier molecular flexibility index (Phi) is 7.12. The van der Waals surface area contributed by atoms with Gasteiger partial charge >= 0.3 is 6.18 Å². The van der Waals surface area contributed by atoms with Gasteiger partial charge in [-0.3, -0.25) is 5.43 Å². The number of anilines is 1. The van der Waals surface area contributed by atoms with Crippen molar-refractivity contribution in [2.45, 2.75) is 19.7 Å². The lowest BCUT2D eigenvalue weighted by atomic mass is 10.2. The molecule has 0 aliphatic heterocycles. The molecule has 31 heavy (non-hydrogen) atoms. The summed E-state index contributed by atoms with van der Waals surface area (Å²) in [6, 6.07) is 16.0. The average Bonchev–Trinajstić information content (AvgIpc) is 2.74. The van der Waals surface area contributed by atoms with Crippen LogP contribution in [-0.2, 0) is 12.8 Å². The van der Waals surface area contributed by atoms with Crippen molar-refractivity contribution in [2.24, 2.45) is 5.10 Å². The molecular formula is C23H20F4N2O2. The number of ether oxygens (including phenoxy) is 2. The van der Waals surface area contributed by atoms with Crippen molar-refractivity contribution in [3.8, 4) is 11.5 Å². The van der Waals surface area contributed by atoms with E-state index in [4.69, 9.17) is 9.47 Å². The summed E-state index contributed by atoms with van der Waals surface area (Å²) in [5.41, 5.74) is 3.48. The summed E-state index contributed by atoms with van der Waals surface area (Å²) in [4.78, 5) is 0. The Bertz CT molecular complexity index is 1030. The molecule has 0 radical (unpaired) electrons. The molecule has 8 heteroatoms. The first-order valence-corrected chi connectivity index (χ1v) is 9.46. The molecule has 0 aliphatic carbocycles. The molecule has 0 spiro atoms. The van der Waals surface area contributed by atoms with Crippen molar-refractivity contribution in [2.75, 3.05) is 12.0 Å². The Balaban J connectivity index is 1.66. The fraction of sp³-hybridized carbons (Fsp3) is 0.174. The molecule has 0 unspecified atom stereocenters. The zero-order valence-electron chi connectivity index (χ0n) is 16.6. The summed E-state index contributed by atoms with van der Waals surface area (Å²) in [5.74, 6) is 0.578. The van der Waals surface area contributed by atoms with Gasteiger partial charge in [-0.25, -0.2) is 4.39 Å². The second-order valence-corrected chi connectivity index (χ2v) is 6.46. The minimum Gasteiger partial charge on any atom is -0.490 e. The number of halogens is 4. The van der Waals surface area contributed by atoms with Crippen LogP contribution in [0.1, 0.15) is 23.6 Å². The standard InChI is InChI=1S/C23H20F4N2O2/c1-2-30-22-13-16(7-12-21(22)31-15-17-5-3-4-6-20(17)24)14-28-29-19-10-8-18(9-11-19)23(25,26)27/h3-14,29H,2,15H2,1H3. The molecule has 0 atom stereocenters. The van der Waals surface area contributed by atoms with E-state index >= 15 is 0 Å². The third-order valence-corrected chi connectivity index (χ3v) is 4.23. The molecule has 3 aromatic carbocycles. The molecule has 0 aromatic heterocycles. The highest BCUT2D eigenvalue weighted by atomic mass is 19.4.